The molecule has 1 amide bonds. The number of aldehydes is 1. The molecule has 2 aromatic carbocycles. The summed E-state index contributed by atoms with van der Waals surface area (Å²) < 4.78 is 58.5. The lowest BCUT2D eigenvalue weighted by Crippen LogP contribution is -2.54. The van der Waals surface area contributed by atoms with Gasteiger partial charge in [0, 0.05) is 83.5 Å². The van der Waals surface area contributed by atoms with Crippen LogP contribution in [0.3, 0.4) is 0 Å². The molecule has 53 heteroatoms. The van der Waals surface area contributed by atoms with Gasteiger partial charge in [-0.1, -0.05) is 29.8 Å². The number of aromatic nitrogens is 10. The van der Waals surface area contributed by atoms with Gasteiger partial charge in [-0.05, 0) is 152 Å². The van der Waals surface area contributed by atoms with E-state index in [4.69, 9.17) is 30.1 Å². The zero-order valence-corrected chi connectivity index (χ0v) is 59.1. The van der Waals surface area contributed by atoms with Gasteiger partial charge in [0.05, 0.1) is 75.4 Å². The highest BCUT2D eigenvalue weighted by atomic mass is 32.2. The third-order valence-electron chi connectivity index (χ3n) is 14.0. The number of carbonyl (C=O) groups is 2. The number of oxazole rings is 3. The maximum Gasteiger partial charge on any atom is 0.316 e. The predicted octanol–water partition coefficient (Wildman–Crippen LogP) is 13.9. The molecule has 51 nitrogen and oxygen atoms in total. The number of piperazine rings is 1. The van der Waals surface area contributed by atoms with Crippen LogP contribution in [0.2, 0.25) is 0 Å². The number of rotatable bonds is 27. The van der Waals surface area contributed by atoms with E-state index in [9.17, 15) is 38.2 Å². The number of aromatic amines is 1. The number of carbonyl (C=O) groups excluding carboxylic acids is 2. The molecule has 0 saturated carbocycles. The van der Waals surface area contributed by atoms with E-state index in [0.717, 1.165) is 44.1 Å². The molecule has 4 N–H and O–H groups in total. The lowest BCUT2D eigenvalue weighted by molar-refractivity contribution is -0.385. The SMILES string of the molecule is COC[C@H](C(=O)Nc1cccc2c(-c3nc(Nc4ccc(-c5cnco5)nc4)ncc3F)c[nH]c12)N1CCN(C)CC1.N=N/N=N/N=N/N=N/N=N/N=N/N=N/N=N/N=N/N=N/N=Nc1ccc(-c2cnco2)nc1.O=Cc1ccc([N+](=O)[O-])cn1.O=[N+]([O-])c1ccc(-c2cnco2)nc1.[C-]#[N+]CS(=O)(=O)c1ccc(C)cc1. The standard InChI is InChI=1S/C29H30FN9O3.C9H9NO2S.C8H6N24O.C8H5N3O3.C6H4N2O3/c1-38-8-10-39(11-9-38)24(16-41-2)28(40)36-23-5-3-4-19-20(13-33-27(19)23)26-21(30)14-34-29(37-26)35-18-6-7-22(32-12-18)25-15-31-17-42-25;1-8-3-5-9(6-4-8)13(11,12)7-10-2;9-13-15-17-19-21-23-25-27-29-31-32-30-28-26-24-22-20-18-16-14-12-6-1-2-7(11-3-6)8-4-10-5-33-8;12-11(13)6-1-2-7(10-3-6)8-4-9-5-14-8;9-4-5-1-2-6(3-7-5)8(10)11/h3-7,12-15,17,24,33H,8-11,16H2,1-2H3,(H,36,40)(H,34,35,37);3-6H,7H2,1H3;1-5,9H;1-5H;1-4H/b;;13-9?,14-12?,17-15+,18-16+,21-19+,22-20+,25-23+,26-24+,29-27+,30-28+,32-31+;;/t24-;;;;/m1..../s1. The number of amides is 1. The zero-order valence-electron chi connectivity index (χ0n) is 58.3. The second kappa shape index (κ2) is 44.1. The Morgan fingerprint density at radius 3 is 1.65 bits per heavy atom. The van der Waals surface area contributed by atoms with Crippen molar-refractivity contribution in [3.63, 3.8) is 0 Å². The second-order valence-corrected chi connectivity index (χ2v) is 23.2. The molecule has 1 saturated heterocycles. The average molecular weight is 1560 g/mol. The summed E-state index contributed by atoms with van der Waals surface area (Å²) in [4.78, 5) is 89.3. The third kappa shape index (κ3) is 26.7. The maximum atomic E-state index is 15.1. The highest BCUT2D eigenvalue weighted by molar-refractivity contribution is 7.91. The fourth-order valence-electron chi connectivity index (χ4n) is 8.80. The molecule has 1 fully saturated rings. The summed E-state index contributed by atoms with van der Waals surface area (Å²) >= 11 is 0. The van der Waals surface area contributed by atoms with E-state index in [-0.39, 0.29) is 46.1 Å². The molecule has 574 valence electrons. The summed E-state index contributed by atoms with van der Waals surface area (Å²) in [7, 11) is 0.285. The van der Waals surface area contributed by atoms with E-state index < -0.39 is 37.4 Å². The minimum absolute atomic E-state index is 0.0479. The molecule has 0 unspecified atom stereocenters. The van der Waals surface area contributed by atoms with E-state index in [2.05, 4.69) is 192 Å². The van der Waals surface area contributed by atoms with Crippen molar-refractivity contribution >= 4 is 67.3 Å². The average Bonchev–Trinajstić information content (AvgIpc) is 1.67. The first-order chi connectivity index (χ1) is 55.0. The molecule has 9 aromatic heterocycles. The fraction of sp³-hybridized carbons (Fsp3) is 0.167. The van der Waals surface area contributed by atoms with Crippen LogP contribution in [0.4, 0.5) is 38.8 Å². The molecule has 10 heterocycles. The molecule has 0 radical (unpaired) electrons. The van der Waals surface area contributed by atoms with Crippen LogP contribution in [-0.4, -0.2) is 149 Å². The van der Waals surface area contributed by atoms with Gasteiger partial charge in [-0.3, -0.25) is 49.5 Å². The number of likely N-dealkylation sites (N-methyl/N-ethyl adjacent to an activating group) is 1. The normalized spacial score (nSPS) is 12.9. The van der Waals surface area contributed by atoms with Gasteiger partial charge in [-0.25, -0.2) is 54.3 Å². The maximum absolute atomic E-state index is 15.1. The minimum atomic E-state index is -3.38. The second-order valence-electron chi connectivity index (χ2n) is 21.3. The number of hydrogen-bond acceptors (Lipinski definition) is 26. The summed E-state index contributed by atoms with van der Waals surface area (Å²) in [5.41, 5.74) is 11.9. The van der Waals surface area contributed by atoms with E-state index >= 15 is 4.39 Å². The molecule has 0 spiro atoms. The lowest BCUT2D eigenvalue weighted by atomic mass is 10.1. The lowest BCUT2D eigenvalue weighted by Gasteiger charge is -2.36. The summed E-state index contributed by atoms with van der Waals surface area (Å²) in [6.45, 7) is 12.0. The Morgan fingerprint density at radius 1 is 0.673 bits per heavy atom. The summed E-state index contributed by atoms with van der Waals surface area (Å²) in [6.07, 6.45) is 17.1. The van der Waals surface area contributed by atoms with Gasteiger partial charge in [0.25, 0.3) is 21.2 Å². The van der Waals surface area contributed by atoms with Gasteiger partial charge in [0.2, 0.25) is 11.9 Å². The van der Waals surface area contributed by atoms with Crippen molar-refractivity contribution in [1.29, 1.82) is 5.53 Å². The van der Waals surface area contributed by atoms with Crippen molar-refractivity contribution in [3.8, 4) is 45.6 Å². The first kappa shape index (κ1) is 82.5. The Labute approximate surface area is 631 Å². The van der Waals surface area contributed by atoms with Crippen LogP contribution >= 0.6 is 0 Å². The first-order valence-corrected chi connectivity index (χ1v) is 33.0. The van der Waals surface area contributed by atoms with Crippen molar-refractivity contribution in [1.82, 2.24) is 59.6 Å². The number of H-pyrrole nitrogens is 1. The van der Waals surface area contributed by atoms with Crippen LogP contribution in [0.25, 0.3) is 61.4 Å². The van der Waals surface area contributed by atoms with Crippen LogP contribution < -0.4 is 10.6 Å². The molecular formula is C60H54FN39O12S. The number of hydrogen-bond donors (Lipinski definition) is 4. The zero-order chi connectivity index (χ0) is 80.4. The number of para-hydroxylation sites is 1. The molecular weight excluding hydrogens is 1510 g/mol. The number of pyridine rings is 4. The van der Waals surface area contributed by atoms with E-state index in [1.807, 2.05) is 25.1 Å². The van der Waals surface area contributed by atoms with E-state index in [1.54, 1.807) is 62.1 Å². The number of anilines is 3. The van der Waals surface area contributed by atoms with Crippen molar-refractivity contribution in [2.24, 2.45) is 110 Å². The Hall–Kier alpha value is -16.1. The number of methoxy groups -OCH3 is 1. The quantitative estimate of drug-likeness (QED) is 0.0122. The van der Waals surface area contributed by atoms with Gasteiger partial charge < -0.3 is 38.5 Å². The number of aryl methyl sites for hydroxylation is 1. The summed E-state index contributed by atoms with van der Waals surface area (Å²) in [6, 6.07) is 23.8. The van der Waals surface area contributed by atoms with Gasteiger partial charge in [0.15, 0.2) is 48.6 Å². The van der Waals surface area contributed by atoms with Crippen molar-refractivity contribution in [2.45, 2.75) is 17.9 Å². The molecule has 113 heavy (non-hydrogen) atoms. The summed E-state index contributed by atoms with van der Waals surface area (Å²) in [5.74, 6) is 0.538. The predicted molar refractivity (Wildman–Crippen MR) is 381 cm³/mol. The monoisotopic (exact) mass is 1560 g/mol. The topological polar surface area (TPSA) is 653 Å². The van der Waals surface area contributed by atoms with Crippen LogP contribution in [0.1, 0.15) is 16.1 Å². The molecule has 1 aliphatic rings. The first-order valence-electron chi connectivity index (χ1n) is 31.3. The molecule has 0 aliphatic carbocycles. The fourth-order valence-corrected chi connectivity index (χ4v) is 9.67. The molecule has 12 rings (SSSR count). The number of benzene rings is 2. The van der Waals surface area contributed by atoms with Crippen molar-refractivity contribution in [3.05, 3.63) is 215 Å². The Kier molecular flexibility index (Phi) is 32.2. The number of nitrogens with one attached hydrogen (secondary N) is 4. The number of sulfone groups is 1. The number of nitro groups is 2. The van der Waals surface area contributed by atoms with E-state index in [1.165, 1.54) is 80.4 Å². The smallest absolute Gasteiger partial charge is 0.316 e. The minimum Gasteiger partial charge on any atom is -0.442 e. The van der Waals surface area contributed by atoms with Gasteiger partial charge in [-0.2, -0.15) is 5.53 Å². The number of ether oxygens (including phenoxy) is 1. The third-order valence-corrected chi connectivity index (χ3v) is 15.5. The van der Waals surface area contributed by atoms with Crippen LogP contribution in [0.15, 0.2) is 294 Å². The van der Waals surface area contributed by atoms with Crippen LogP contribution in [-0.2, 0) is 19.4 Å². The molecule has 11 aromatic rings. The molecule has 1 aliphatic heterocycles. The Morgan fingerprint density at radius 2 is 1.19 bits per heavy atom. The van der Waals surface area contributed by atoms with Gasteiger partial charge in [0.1, 0.15) is 52.6 Å². The number of halogens is 1. The Balaban J connectivity index is 0.000000197. The van der Waals surface area contributed by atoms with Crippen molar-refractivity contribution < 1.29 is 50.2 Å². The summed E-state index contributed by atoms with van der Waals surface area (Å²) in [5, 5.41) is 91.4. The number of nitrogens with zero attached hydrogens (tertiary/aromatic N) is 35. The Bertz CT molecular complexity index is 5370. The number of fused-ring (bicyclic) bond motifs is 1. The van der Waals surface area contributed by atoms with Gasteiger partial charge in [-0.15, -0.1) is 5.11 Å². The highest BCUT2D eigenvalue weighted by Crippen LogP contribution is 2.34. The van der Waals surface area contributed by atoms with Crippen LogP contribution in [0.5, 0.6) is 0 Å². The van der Waals surface area contributed by atoms with E-state index in [0.29, 0.717) is 74.2 Å². The van der Waals surface area contributed by atoms with Crippen molar-refractivity contribution in [2.75, 3.05) is 63.5 Å². The highest BCUT2D eigenvalue weighted by Gasteiger charge is 2.29. The van der Waals surface area contributed by atoms with Crippen LogP contribution in [0, 0.1) is 45.1 Å². The van der Waals surface area contributed by atoms with Gasteiger partial charge >= 0.3 is 5.88 Å². The largest absolute Gasteiger partial charge is 0.442 e. The molecule has 1 atom stereocenters. The molecule has 0 bridgehead atoms.